The van der Waals surface area contributed by atoms with Crippen LogP contribution in [0.3, 0.4) is 0 Å². The van der Waals surface area contributed by atoms with E-state index in [9.17, 15) is 9.59 Å². The van der Waals surface area contributed by atoms with E-state index in [2.05, 4.69) is 6.92 Å². The molecule has 24 heavy (non-hydrogen) atoms. The minimum atomic E-state index is -0.555. The smallest absolute Gasteiger partial charge is 0.344 e. The monoisotopic (exact) mass is 353 g/mol. The molecule has 0 saturated carbocycles. The second-order valence-corrected chi connectivity index (χ2v) is 6.41. The predicted molar refractivity (Wildman–Crippen MR) is 92.3 cm³/mol. The molecule has 1 unspecified atom stereocenters. The number of carbonyl (C=O) groups is 2. The van der Waals surface area contributed by atoms with Gasteiger partial charge in [0.25, 0.3) is 5.91 Å². The van der Waals surface area contributed by atoms with Crippen molar-refractivity contribution in [2.45, 2.75) is 45.6 Å². The molecular formula is C18H24ClNO4. The lowest BCUT2D eigenvalue weighted by Crippen LogP contribution is -2.45. The van der Waals surface area contributed by atoms with Crippen molar-refractivity contribution < 1.29 is 19.1 Å². The van der Waals surface area contributed by atoms with Crippen molar-refractivity contribution in [3.63, 3.8) is 0 Å². The molecule has 132 valence electrons. The molecule has 1 saturated heterocycles. The SMILES string of the molecule is CCC1CCCCN1C(=O)COC(=O)COc1ccc(Cl)c(C)c1. The Balaban J connectivity index is 1.76. The summed E-state index contributed by atoms with van der Waals surface area (Å²) in [7, 11) is 0. The van der Waals surface area contributed by atoms with Crippen LogP contribution in [0.2, 0.25) is 5.02 Å². The van der Waals surface area contributed by atoms with Gasteiger partial charge in [-0.25, -0.2) is 4.79 Å². The number of piperidine rings is 1. The Hall–Kier alpha value is -1.75. The summed E-state index contributed by atoms with van der Waals surface area (Å²) in [5.41, 5.74) is 0.869. The van der Waals surface area contributed by atoms with Gasteiger partial charge in [0, 0.05) is 17.6 Å². The topological polar surface area (TPSA) is 55.8 Å². The number of halogens is 1. The van der Waals surface area contributed by atoms with Crippen molar-refractivity contribution in [2.24, 2.45) is 0 Å². The zero-order valence-electron chi connectivity index (χ0n) is 14.2. The standard InChI is InChI=1S/C18H24ClNO4/c1-3-14-6-4-5-9-20(14)17(21)11-24-18(22)12-23-15-7-8-16(19)13(2)10-15/h7-8,10,14H,3-6,9,11-12H2,1-2H3. The quantitative estimate of drug-likeness (QED) is 0.736. The number of hydrogen-bond donors (Lipinski definition) is 0. The van der Waals surface area contributed by atoms with Gasteiger partial charge in [-0.15, -0.1) is 0 Å². The van der Waals surface area contributed by atoms with E-state index >= 15 is 0 Å². The molecule has 0 N–H and O–H groups in total. The number of ether oxygens (including phenoxy) is 2. The summed E-state index contributed by atoms with van der Waals surface area (Å²) in [5.74, 6) is -0.138. The van der Waals surface area contributed by atoms with Gasteiger partial charge < -0.3 is 14.4 Å². The molecule has 1 aliphatic heterocycles. The number of nitrogens with zero attached hydrogens (tertiary/aromatic N) is 1. The van der Waals surface area contributed by atoms with Crippen molar-refractivity contribution >= 4 is 23.5 Å². The fourth-order valence-corrected chi connectivity index (χ4v) is 2.99. The summed E-state index contributed by atoms with van der Waals surface area (Å²) >= 11 is 5.94. The Labute approximate surface area is 147 Å². The number of hydrogen-bond acceptors (Lipinski definition) is 4. The number of aryl methyl sites for hydroxylation is 1. The number of likely N-dealkylation sites (tertiary alicyclic amines) is 1. The molecule has 1 aliphatic rings. The molecule has 1 amide bonds. The largest absolute Gasteiger partial charge is 0.482 e. The molecule has 0 bridgehead atoms. The van der Waals surface area contributed by atoms with Crippen LogP contribution in [0.4, 0.5) is 0 Å². The first-order valence-electron chi connectivity index (χ1n) is 8.35. The molecule has 6 heteroatoms. The zero-order valence-corrected chi connectivity index (χ0v) is 15.0. The average Bonchev–Trinajstić information content (AvgIpc) is 2.60. The molecule has 1 aromatic rings. The van der Waals surface area contributed by atoms with Gasteiger partial charge in [-0.3, -0.25) is 4.79 Å². The van der Waals surface area contributed by atoms with Gasteiger partial charge in [0.1, 0.15) is 5.75 Å². The molecule has 1 heterocycles. The summed E-state index contributed by atoms with van der Waals surface area (Å²) < 4.78 is 10.4. The molecule has 5 nitrogen and oxygen atoms in total. The van der Waals surface area contributed by atoms with Crippen LogP contribution in [0.15, 0.2) is 18.2 Å². The molecule has 2 rings (SSSR count). The molecular weight excluding hydrogens is 330 g/mol. The van der Waals surface area contributed by atoms with E-state index in [4.69, 9.17) is 21.1 Å². The minimum absolute atomic E-state index is 0.128. The molecule has 0 spiro atoms. The van der Waals surface area contributed by atoms with Crippen LogP contribution >= 0.6 is 11.6 Å². The van der Waals surface area contributed by atoms with E-state index in [-0.39, 0.29) is 25.2 Å². The van der Waals surface area contributed by atoms with E-state index in [0.717, 1.165) is 37.8 Å². The zero-order chi connectivity index (χ0) is 17.5. The van der Waals surface area contributed by atoms with Crippen molar-refractivity contribution in [1.29, 1.82) is 0 Å². The Morgan fingerprint density at radius 3 is 2.79 bits per heavy atom. The summed E-state index contributed by atoms with van der Waals surface area (Å²) in [4.78, 5) is 25.8. The summed E-state index contributed by atoms with van der Waals surface area (Å²) in [6, 6.07) is 5.41. The average molecular weight is 354 g/mol. The van der Waals surface area contributed by atoms with Crippen LogP contribution < -0.4 is 4.74 Å². The lowest BCUT2D eigenvalue weighted by Gasteiger charge is -2.35. The molecule has 1 aromatic carbocycles. The van der Waals surface area contributed by atoms with E-state index in [1.54, 1.807) is 18.2 Å². The number of carbonyl (C=O) groups excluding carboxylic acids is 2. The number of rotatable bonds is 6. The number of benzene rings is 1. The van der Waals surface area contributed by atoms with Crippen LogP contribution in [0.1, 0.15) is 38.2 Å². The van der Waals surface area contributed by atoms with Crippen molar-refractivity contribution in [3.8, 4) is 5.75 Å². The fourth-order valence-electron chi connectivity index (χ4n) is 2.87. The fraction of sp³-hybridized carbons (Fsp3) is 0.556. The van der Waals surface area contributed by atoms with Crippen LogP contribution in [-0.4, -0.2) is 42.6 Å². The lowest BCUT2D eigenvalue weighted by molar-refractivity contribution is -0.155. The van der Waals surface area contributed by atoms with Crippen LogP contribution in [-0.2, 0) is 14.3 Å². The van der Waals surface area contributed by atoms with Crippen molar-refractivity contribution in [2.75, 3.05) is 19.8 Å². The number of amides is 1. The third kappa shape index (κ3) is 5.13. The first kappa shape index (κ1) is 18.6. The Morgan fingerprint density at radius 1 is 1.29 bits per heavy atom. The van der Waals surface area contributed by atoms with Crippen LogP contribution in [0.25, 0.3) is 0 Å². The van der Waals surface area contributed by atoms with Gasteiger partial charge >= 0.3 is 5.97 Å². The van der Waals surface area contributed by atoms with Gasteiger partial charge in [-0.1, -0.05) is 18.5 Å². The van der Waals surface area contributed by atoms with E-state index < -0.39 is 5.97 Å². The highest BCUT2D eigenvalue weighted by atomic mass is 35.5. The van der Waals surface area contributed by atoms with Gasteiger partial charge in [0.15, 0.2) is 13.2 Å². The first-order valence-corrected chi connectivity index (χ1v) is 8.73. The molecule has 0 aliphatic carbocycles. The van der Waals surface area contributed by atoms with Gasteiger partial charge in [0.2, 0.25) is 0 Å². The summed E-state index contributed by atoms with van der Waals surface area (Å²) in [6.07, 6.45) is 4.11. The van der Waals surface area contributed by atoms with Crippen molar-refractivity contribution in [1.82, 2.24) is 4.90 Å². The highest BCUT2D eigenvalue weighted by molar-refractivity contribution is 6.31. The molecule has 0 aromatic heterocycles. The summed E-state index contributed by atoms with van der Waals surface area (Å²) in [5, 5.41) is 0.641. The highest BCUT2D eigenvalue weighted by Gasteiger charge is 2.25. The van der Waals surface area contributed by atoms with Crippen LogP contribution in [0, 0.1) is 6.92 Å². The maximum Gasteiger partial charge on any atom is 0.344 e. The summed E-state index contributed by atoms with van der Waals surface area (Å²) in [6.45, 7) is 4.22. The van der Waals surface area contributed by atoms with Gasteiger partial charge in [0.05, 0.1) is 0 Å². The Morgan fingerprint density at radius 2 is 2.08 bits per heavy atom. The first-order chi connectivity index (χ1) is 11.5. The lowest BCUT2D eigenvalue weighted by atomic mass is 10.00. The normalized spacial score (nSPS) is 17.5. The highest BCUT2D eigenvalue weighted by Crippen LogP contribution is 2.21. The Kier molecular flexibility index (Phi) is 6.91. The van der Waals surface area contributed by atoms with E-state index in [1.807, 2.05) is 11.8 Å². The van der Waals surface area contributed by atoms with Crippen LogP contribution in [0.5, 0.6) is 5.75 Å². The van der Waals surface area contributed by atoms with Crippen molar-refractivity contribution in [3.05, 3.63) is 28.8 Å². The second kappa shape index (κ2) is 8.92. The van der Waals surface area contributed by atoms with E-state index in [0.29, 0.717) is 10.8 Å². The van der Waals surface area contributed by atoms with Gasteiger partial charge in [-0.05, 0) is 56.4 Å². The third-order valence-electron chi connectivity index (χ3n) is 4.26. The third-order valence-corrected chi connectivity index (χ3v) is 4.69. The predicted octanol–water partition coefficient (Wildman–Crippen LogP) is 3.36. The van der Waals surface area contributed by atoms with Gasteiger partial charge in [-0.2, -0.15) is 0 Å². The Bertz CT molecular complexity index is 590. The van der Waals surface area contributed by atoms with E-state index in [1.165, 1.54) is 0 Å². The number of esters is 1. The maximum atomic E-state index is 12.2. The molecule has 0 radical (unpaired) electrons. The second-order valence-electron chi connectivity index (χ2n) is 6.01. The maximum absolute atomic E-state index is 12.2. The molecule has 1 fully saturated rings. The molecule has 1 atom stereocenters. The minimum Gasteiger partial charge on any atom is -0.482 e.